The van der Waals surface area contributed by atoms with Gasteiger partial charge in [0.25, 0.3) is 0 Å². The van der Waals surface area contributed by atoms with E-state index in [4.69, 9.17) is 0 Å². The van der Waals surface area contributed by atoms with E-state index in [2.05, 4.69) is 41.9 Å². The third kappa shape index (κ3) is 5.17. The Morgan fingerprint density at radius 3 is 2.42 bits per heavy atom. The zero-order valence-electron chi connectivity index (χ0n) is 12.6. The molecule has 1 atom stereocenters. The van der Waals surface area contributed by atoms with E-state index >= 15 is 0 Å². The number of aliphatic hydroxyl groups excluding tert-OH is 1. The van der Waals surface area contributed by atoms with Crippen molar-refractivity contribution >= 4 is 5.69 Å². The molecule has 0 amide bonds. The van der Waals surface area contributed by atoms with E-state index in [-0.39, 0.29) is 0 Å². The Balaban J connectivity index is 2.60. The molecular formula is C15H27N3O. The molecule has 0 unspecified atom stereocenters. The summed E-state index contributed by atoms with van der Waals surface area (Å²) in [6.07, 6.45) is 3.26. The highest BCUT2D eigenvalue weighted by atomic mass is 16.3. The van der Waals surface area contributed by atoms with Gasteiger partial charge in [-0.2, -0.15) is 0 Å². The van der Waals surface area contributed by atoms with E-state index in [0.717, 1.165) is 37.4 Å². The molecule has 1 N–H and O–H groups in total. The summed E-state index contributed by atoms with van der Waals surface area (Å²) in [6, 6.07) is 3.98. The predicted molar refractivity (Wildman–Crippen MR) is 80.5 cm³/mol. The molecule has 0 aromatic carbocycles. The van der Waals surface area contributed by atoms with Crippen molar-refractivity contribution in [3.63, 3.8) is 0 Å². The van der Waals surface area contributed by atoms with Crippen LogP contribution in [0.4, 0.5) is 5.69 Å². The molecule has 4 nitrogen and oxygen atoms in total. The highest BCUT2D eigenvalue weighted by Crippen LogP contribution is 2.18. The molecule has 1 aromatic rings. The van der Waals surface area contributed by atoms with Crippen molar-refractivity contribution in [2.75, 3.05) is 38.6 Å². The Morgan fingerprint density at radius 1 is 1.21 bits per heavy atom. The van der Waals surface area contributed by atoms with Crippen LogP contribution in [0.1, 0.15) is 38.5 Å². The molecular weight excluding hydrogens is 238 g/mol. The lowest BCUT2D eigenvalue weighted by Gasteiger charge is -2.24. The van der Waals surface area contributed by atoms with Crippen LogP contribution in [0.5, 0.6) is 0 Å². The van der Waals surface area contributed by atoms with Crippen molar-refractivity contribution < 1.29 is 5.11 Å². The molecule has 0 aliphatic carbocycles. The van der Waals surface area contributed by atoms with Gasteiger partial charge < -0.3 is 14.9 Å². The molecule has 0 saturated heterocycles. The predicted octanol–water partition coefficient (Wildman–Crippen LogP) is 2.30. The second-order valence-electron chi connectivity index (χ2n) is 5.10. The van der Waals surface area contributed by atoms with E-state index < -0.39 is 6.10 Å². The topological polar surface area (TPSA) is 39.6 Å². The van der Waals surface area contributed by atoms with E-state index in [1.165, 1.54) is 0 Å². The minimum absolute atomic E-state index is 0.446. The van der Waals surface area contributed by atoms with Crippen LogP contribution < -0.4 is 4.90 Å². The first-order chi connectivity index (χ1) is 9.08. The third-order valence-electron chi connectivity index (χ3n) is 3.28. The Labute approximate surface area is 117 Å². The lowest BCUT2D eigenvalue weighted by molar-refractivity contribution is 0.169. The molecule has 19 heavy (non-hydrogen) atoms. The number of hydrogen-bond donors (Lipinski definition) is 1. The van der Waals surface area contributed by atoms with Gasteiger partial charge in [-0.1, -0.05) is 6.92 Å². The fourth-order valence-electron chi connectivity index (χ4n) is 2.04. The zero-order chi connectivity index (χ0) is 14.3. The fourth-order valence-corrected chi connectivity index (χ4v) is 2.04. The molecule has 1 rings (SSSR count). The largest absolute Gasteiger partial charge is 0.387 e. The Morgan fingerprint density at radius 2 is 1.95 bits per heavy atom. The van der Waals surface area contributed by atoms with Crippen LogP contribution in [0.2, 0.25) is 0 Å². The Bertz CT molecular complexity index is 351. The van der Waals surface area contributed by atoms with Gasteiger partial charge in [-0.3, -0.25) is 4.98 Å². The molecule has 0 spiro atoms. The Hall–Kier alpha value is -1.13. The number of aromatic nitrogens is 1. The molecule has 0 saturated carbocycles. The maximum atomic E-state index is 9.74. The lowest BCUT2D eigenvalue weighted by Crippen LogP contribution is -2.27. The van der Waals surface area contributed by atoms with Gasteiger partial charge in [0, 0.05) is 13.1 Å². The van der Waals surface area contributed by atoms with Crippen molar-refractivity contribution in [1.82, 2.24) is 9.88 Å². The normalized spacial score (nSPS) is 12.7. The number of rotatable bonds is 8. The van der Waals surface area contributed by atoms with Crippen molar-refractivity contribution in [2.45, 2.75) is 32.8 Å². The van der Waals surface area contributed by atoms with E-state index in [1.807, 2.05) is 19.2 Å². The molecule has 108 valence electrons. The van der Waals surface area contributed by atoms with Gasteiger partial charge in [-0.05, 0) is 52.5 Å². The number of hydrogen-bond acceptors (Lipinski definition) is 4. The van der Waals surface area contributed by atoms with Gasteiger partial charge in [0.05, 0.1) is 23.7 Å². The van der Waals surface area contributed by atoms with Crippen molar-refractivity contribution in [3.8, 4) is 0 Å². The minimum atomic E-state index is -0.446. The second-order valence-corrected chi connectivity index (χ2v) is 5.10. The average Bonchev–Trinajstić information content (AvgIpc) is 2.43. The minimum Gasteiger partial charge on any atom is -0.387 e. The summed E-state index contributed by atoms with van der Waals surface area (Å²) in [5.74, 6) is 0. The van der Waals surface area contributed by atoms with E-state index in [1.54, 1.807) is 0 Å². The van der Waals surface area contributed by atoms with Gasteiger partial charge >= 0.3 is 0 Å². The highest BCUT2D eigenvalue weighted by Gasteiger charge is 2.08. The molecule has 4 heteroatoms. The first-order valence-corrected chi connectivity index (χ1v) is 7.12. The maximum absolute atomic E-state index is 9.74. The summed E-state index contributed by atoms with van der Waals surface area (Å²) in [5, 5.41) is 9.74. The summed E-state index contributed by atoms with van der Waals surface area (Å²) >= 11 is 0. The summed E-state index contributed by atoms with van der Waals surface area (Å²) in [5.41, 5.74) is 1.89. The van der Waals surface area contributed by atoms with Crippen molar-refractivity contribution in [2.24, 2.45) is 0 Å². The number of aliphatic hydroxyl groups is 1. The van der Waals surface area contributed by atoms with Crippen LogP contribution >= 0.6 is 0 Å². The smallest absolute Gasteiger partial charge is 0.0957 e. The SMILES string of the molecule is CC[C@@H](O)c1ccc(N(CC)CCCN(C)C)cn1. The molecule has 1 heterocycles. The second kappa shape index (κ2) is 8.12. The molecule has 0 aliphatic rings. The van der Waals surface area contributed by atoms with Crippen LogP contribution in [0.15, 0.2) is 18.3 Å². The first kappa shape index (κ1) is 15.9. The zero-order valence-corrected chi connectivity index (χ0v) is 12.6. The summed E-state index contributed by atoms with van der Waals surface area (Å²) in [7, 11) is 4.19. The van der Waals surface area contributed by atoms with Crippen LogP contribution in [-0.2, 0) is 0 Å². The Kier molecular flexibility index (Phi) is 6.81. The van der Waals surface area contributed by atoms with Gasteiger partial charge in [-0.25, -0.2) is 0 Å². The van der Waals surface area contributed by atoms with Crippen LogP contribution in [0.25, 0.3) is 0 Å². The number of nitrogens with zero attached hydrogens (tertiary/aromatic N) is 3. The summed E-state index contributed by atoms with van der Waals surface area (Å²) in [6.45, 7) is 7.22. The number of pyridine rings is 1. The van der Waals surface area contributed by atoms with Gasteiger partial charge in [0.1, 0.15) is 0 Å². The fraction of sp³-hybridized carbons (Fsp3) is 0.667. The van der Waals surface area contributed by atoms with Crippen LogP contribution in [0, 0.1) is 0 Å². The van der Waals surface area contributed by atoms with E-state index in [9.17, 15) is 5.11 Å². The van der Waals surface area contributed by atoms with Crippen LogP contribution in [0.3, 0.4) is 0 Å². The van der Waals surface area contributed by atoms with Crippen molar-refractivity contribution in [1.29, 1.82) is 0 Å². The van der Waals surface area contributed by atoms with Gasteiger partial charge in [-0.15, -0.1) is 0 Å². The quantitative estimate of drug-likeness (QED) is 0.783. The molecule has 0 fully saturated rings. The summed E-state index contributed by atoms with van der Waals surface area (Å²) in [4.78, 5) is 8.88. The van der Waals surface area contributed by atoms with Crippen LogP contribution in [-0.4, -0.2) is 48.7 Å². The van der Waals surface area contributed by atoms with E-state index in [0.29, 0.717) is 6.42 Å². The third-order valence-corrected chi connectivity index (χ3v) is 3.28. The molecule has 0 radical (unpaired) electrons. The maximum Gasteiger partial charge on any atom is 0.0957 e. The highest BCUT2D eigenvalue weighted by molar-refractivity contribution is 5.44. The van der Waals surface area contributed by atoms with Gasteiger partial charge in [0.15, 0.2) is 0 Å². The standard InChI is InChI=1S/C15H27N3O/c1-5-15(19)14-9-8-13(12-16-14)18(6-2)11-7-10-17(3)4/h8-9,12,15,19H,5-7,10-11H2,1-4H3/t15-/m1/s1. The summed E-state index contributed by atoms with van der Waals surface area (Å²) < 4.78 is 0. The number of anilines is 1. The molecule has 1 aromatic heterocycles. The van der Waals surface area contributed by atoms with Crippen molar-refractivity contribution in [3.05, 3.63) is 24.0 Å². The first-order valence-electron chi connectivity index (χ1n) is 7.12. The monoisotopic (exact) mass is 265 g/mol. The molecule has 0 bridgehead atoms. The average molecular weight is 265 g/mol. The lowest BCUT2D eigenvalue weighted by atomic mass is 10.2. The molecule has 0 aliphatic heterocycles. The van der Waals surface area contributed by atoms with Gasteiger partial charge in [0.2, 0.25) is 0 Å².